The smallest absolute Gasteiger partial charge is 0.341 e. The summed E-state index contributed by atoms with van der Waals surface area (Å²) < 4.78 is 22.3. The van der Waals surface area contributed by atoms with Crippen molar-refractivity contribution >= 4 is 30.9 Å². The summed E-state index contributed by atoms with van der Waals surface area (Å²) in [5, 5.41) is 27.4. The summed E-state index contributed by atoms with van der Waals surface area (Å²) in [4.78, 5) is 31.3. The van der Waals surface area contributed by atoms with Crippen molar-refractivity contribution in [3.8, 4) is 11.5 Å². The summed E-state index contributed by atoms with van der Waals surface area (Å²) in [5.74, 6) is -4.60. The number of carbonyl (C=O) groups is 2. The van der Waals surface area contributed by atoms with E-state index in [0.717, 1.165) is 6.07 Å². The first-order valence-electron chi connectivity index (χ1n) is 7.19. The Hall–Kier alpha value is -1.84. The number of hydrogen-bond donors (Lipinski definition) is 5. The first kappa shape index (κ1) is 22.2. The zero-order valence-electron chi connectivity index (χ0n) is 13.7. The molecule has 0 aliphatic carbocycles. The van der Waals surface area contributed by atoms with Gasteiger partial charge in [-0.15, -0.1) is 0 Å². The highest BCUT2D eigenvalue weighted by Crippen LogP contribution is 2.55. The monoisotopic (exact) mass is 411 g/mol. The molecule has 3 atom stereocenters. The van der Waals surface area contributed by atoms with Gasteiger partial charge in [-0.2, -0.15) is 0 Å². The number of aliphatic hydroxyl groups excluding tert-OH is 1. The van der Waals surface area contributed by atoms with Crippen LogP contribution in [0.5, 0.6) is 11.5 Å². The molecule has 0 saturated carbocycles. The second-order valence-electron chi connectivity index (χ2n) is 5.30. The van der Waals surface area contributed by atoms with E-state index >= 15 is 0 Å². The highest BCUT2D eigenvalue weighted by molar-refractivity contribution is 7.58. The Kier molecular flexibility index (Phi) is 7.86. The molecule has 0 amide bonds. The SMILES string of the molecule is COc1cc(C(O)P(=O)(O)CC[C@H](N)C(=O)O)cc(Cl)c1OCC(=O)O. The number of ether oxygens (including phenoxy) is 2. The molecule has 0 aromatic heterocycles. The highest BCUT2D eigenvalue weighted by Gasteiger charge is 2.33. The first-order chi connectivity index (χ1) is 12.0. The normalized spacial score (nSPS) is 15.6. The van der Waals surface area contributed by atoms with Crippen LogP contribution in [0.1, 0.15) is 17.8 Å². The fourth-order valence-electron chi connectivity index (χ4n) is 1.97. The number of aliphatic carboxylic acids is 2. The summed E-state index contributed by atoms with van der Waals surface area (Å²) in [5.41, 5.74) is 5.21. The van der Waals surface area contributed by atoms with Crippen molar-refractivity contribution in [2.24, 2.45) is 5.73 Å². The van der Waals surface area contributed by atoms with Crippen LogP contribution in [0.15, 0.2) is 12.1 Å². The Morgan fingerprint density at radius 2 is 1.96 bits per heavy atom. The quantitative estimate of drug-likeness (QED) is 0.347. The zero-order chi connectivity index (χ0) is 20.1. The molecule has 0 saturated heterocycles. The van der Waals surface area contributed by atoms with E-state index in [0.29, 0.717) is 0 Å². The van der Waals surface area contributed by atoms with Gasteiger partial charge in [-0.1, -0.05) is 11.6 Å². The maximum absolute atomic E-state index is 12.3. The maximum Gasteiger partial charge on any atom is 0.341 e. The molecule has 1 aromatic carbocycles. The summed E-state index contributed by atoms with van der Waals surface area (Å²) in [7, 11) is -3.00. The average Bonchev–Trinajstić information content (AvgIpc) is 2.56. The van der Waals surface area contributed by atoms with Crippen LogP contribution in [0.2, 0.25) is 5.02 Å². The fraction of sp³-hybridized carbons (Fsp3) is 0.429. The third kappa shape index (κ3) is 5.86. The van der Waals surface area contributed by atoms with Gasteiger partial charge in [0.1, 0.15) is 6.04 Å². The molecule has 26 heavy (non-hydrogen) atoms. The second-order valence-corrected chi connectivity index (χ2v) is 8.16. The van der Waals surface area contributed by atoms with Gasteiger partial charge in [0.05, 0.1) is 12.1 Å². The summed E-state index contributed by atoms with van der Waals surface area (Å²) in [6.07, 6.45) is -0.844. The van der Waals surface area contributed by atoms with Gasteiger partial charge < -0.3 is 35.4 Å². The molecule has 0 bridgehead atoms. The van der Waals surface area contributed by atoms with Gasteiger partial charge >= 0.3 is 11.9 Å². The summed E-state index contributed by atoms with van der Waals surface area (Å²) in [6.45, 7) is -0.691. The number of hydrogen-bond acceptors (Lipinski definition) is 7. The van der Waals surface area contributed by atoms with Crippen LogP contribution < -0.4 is 15.2 Å². The van der Waals surface area contributed by atoms with Gasteiger partial charge in [0.15, 0.2) is 24.0 Å². The molecule has 0 fully saturated rings. The molecule has 2 unspecified atom stereocenters. The molecular formula is C14H19ClNO9P. The third-order valence-electron chi connectivity index (χ3n) is 3.35. The van der Waals surface area contributed by atoms with Crippen molar-refractivity contribution in [1.29, 1.82) is 0 Å². The molecule has 12 heteroatoms. The highest BCUT2D eigenvalue weighted by atomic mass is 35.5. The Labute approximate surface area is 153 Å². The Morgan fingerprint density at radius 3 is 2.46 bits per heavy atom. The molecule has 0 spiro atoms. The minimum atomic E-state index is -4.23. The molecule has 6 N–H and O–H groups in total. The molecule has 0 aliphatic rings. The van der Waals surface area contributed by atoms with Crippen LogP contribution in [0, 0.1) is 0 Å². The molecule has 146 valence electrons. The molecule has 0 heterocycles. The number of methoxy groups -OCH3 is 1. The van der Waals surface area contributed by atoms with Gasteiger partial charge in [-0.05, 0) is 24.1 Å². The summed E-state index contributed by atoms with van der Waals surface area (Å²) >= 11 is 5.98. The number of nitrogens with two attached hydrogens (primary N) is 1. The molecule has 1 rings (SSSR count). The second kappa shape index (κ2) is 9.20. The van der Waals surface area contributed by atoms with Crippen molar-refractivity contribution in [3.63, 3.8) is 0 Å². The molecule has 0 radical (unpaired) electrons. The van der Waals surface area contributed by atoms with Crippen LogP contribution >= 0.6 is 19.0 Å². The Balaban J connectivity index is 3.06. The van der Waals surface area contributed by atoms with E-state index in [9.17, 15) is 24.2 Å². The number of halogens is 1. The van der Waals surface area contributed by atoms with E-state index in [4.69, 9.17) is 37.0 Å². The van der Waals surface area contributed by atoms with Crippen molar-refractivity contribution in [2.75, 3.05) is 19.9 Å². The molecular weight excluding hydrogens is 393 g/mol. The number of aliphatic hydroxyl groups is 1. The van der Waals surface area contributed by atoms with E-state index in [1.807, 2.05) is 0 Å². The van der Waals surface area contributed by atoms with E-state index in [-0.39, 0.29) is 28.5 Å². The minimum absolute atomic E-state index is 0.0463. The Morgan fingerprint density at radius 1 is 1.35 bits per heavy atom. The largest absolute Gasteiger partial charge is 0.493 e. The van der Waals surface area contributed by atoms with Crippen molar-refractivity contribution in [2.45, 2.75) is 18.3 Å². The fourth-order valence-corrected chi connectivity index (χ4v) is 3.75. The van der Waals surface area contributed by atoms with Gasteiger partial charge in [-0.3, -0.25) is 9.36 Å². The van der Waals surface area contributed by atoms with Crippen LogP contribution in [-0.4, -0.2) is 58.1 Å². The zero-order valence-corrected chi connectivity index (χ0v) is 15.3. The summed E-state index contributed by atoms with van der Waals surface area (Å²) in [6, 6.07) is 0.965. The van der Waals surface area contributed by atoms with Crippen LogP contribution in [-0.2, 0) is 14.2 Å². The van der Waals surface area contributed by atoms with Gasteiger partial charge in [0.25, 0.3) is 0 Å². The van der Waals surface area contributed by atoms with Crippen molar-refractivity contribution in [1.82, 2.24) is 0 Å². The number of rotatable bonds is 10. The standard InChI is InChI=1S/C14H19ClNO9P/c1-24-10-5-7(4-8(15)12(10)25-6-11(17)18)14(21)26(22,23)3-2-9(16)13(19)20/h4-5,9,14,21H,2-3,6,16H2,1H3,(H,17,18)(H,19,20)(H,22,23)/t9-,14?/m0/s1. The van der Waals surface area contributed by atoms with E-state index < -0.39 is 44.0 Å². The van der Waals surface area contributed by atoms with E-state index in [1.54, 1.807) is 0 Å². The predicted octanol–water partition coefficient (Wildman–Crippen LogP) is 0.875. The lowest BCUT2D eigenvalue weighted by atomic mass is 10.2. The van der Waals surface area contributed by atoms with Crippen LogP contribution in [0.25, 0.3) is 0 Å². The van der Waals surface area contributed by atoms with Gasteiger partial charge in [-0.25, -0.2) is 4.79 Å². The number of carboxylic acids is 2. The van der Waals surface area contributed by atoms with Crippen LogP contribution in [0.3, 0.4) is 0 Å². The van der Waals surface area contributed by atoms with E-state index in [1.165, 1.54) is 13.2 Å². The maximum atomic E-state index is 12.3. The van der Waals surface area contributed by atoms with Crippen molar-refractivity contribution < 1.29 is 43.8 Å². The predicted molar refractivity (Wildman–Crippen MR) is 91.0 cm³/mol. The minimum Gasteiger partial charge on any atom is -0.493 e. The lowest BCUT2D eigenvalue weighted by Gasteiger charge is -2.21. The number of carboxylic acid groups (broad SMARTS) is 2. The molecule has 1 aromatic rings. The number of benzene rings is 1. The molecule has 10 nitrogen and oxygen atoms in total. The van der Waals surface area contributed by atoms with E-state index in [2.05, 4.69) is 0 Å². The Bertz CT molecular complexity index is 727. The van der Waals surface area contributed by atoms with Crippen LogP contribution in [0.4, 0.5) is 0 Å². The van der Waals surface area contributed by atoms with Crippen molar-refractivity contribution in [3.05, 3.63) is 22.7 Å². The topological polar surface area (TPSA) is 177 Å². The first-order valence-corrected chi connectivity index (χ1v) is 9.48. The third-order valence-corrected chi connectivity index (χ3v) is 5.59. The lowest BCUT2D eigenvalue weighted by Crippen LogP contribution is -2.31. The lowest BCUT2D eigenvalue weighted by molar-refractivity contribution is -0.139. The molecule has 0 aliphatic heterocycles. The van der Waals surface area contributed by atoms with Gasteiger partial charge in [0, 0.05) is 6.16 Å². The average molecular weight is 412 g/mol. The van der Waals surface area contributed by atoms with Gasteiger partial charge in [0.2, 0.25) is 7.37 Å².